The maximum Gasteiger partial charge on any atom is 0.416 e. The number of aliphatic hydroxyl groups is 1. The largest absolute Gasteiger partial charge is 0.494 e. The number of aliphatic hydroxyl groups excluding tert-OH is 1. The van der Waals surface area contributed by atoms with Crippen molar-refractivity contribution < 1.29 is 42.4 Å². The van der Waals surface area contributed by atoms with Crippen molar-refractivity contribution in [2.24, 2.45) is 0 Å². The Kier molecular flexibility index (Phi) is 7.82. The molecule has 0 aliphatic heterocycles. The highest BCUT2D eigenvalue weighted by atomic mass is 19.4. The Morgan fingerprint density at radius 1 is 0.971 bits per heavy atom. The number of halogens is 3. The minimum atomic E-state index is -4.70. The maximum atomic E-state index is 13.2. The van der Waals surface area contributed by atoms with Crippen LogP contribution < -0.4 is 20.1 Å². The lowest BCUT2D eigenvalue weighted by Crippen LogP contribution is -2.28. The van der Waals surface area contributed by atoms with Gasteiger partial charge in [-0.25, -0.2) is 9.59 Å². The number of carbonyl (C=O) groups excluding carboxylic acids is 1. The SMILES string of the molecule is COc1c(CO)cc(C(F)(F)F)cc1NC(=O)NCc1ccccc1Oc1ccccc1C(=O)O. The van der Waals surface area contributed by atoms with Crippen LogP contribution in [0.15, 0.2) is 60.7 Å². The third-order valence-corrected chi connectivity index (χ3v) is 4.87. The average Bonchev–Trinajstić information content (AvgIpc) is 2.82. The van der Waals surface area contributed by atoms with Gasteiger partial charge in [-0.2, -0.15) is 13.2 Å². The Hall–Kier alpha value is -4.25. The molecule has 3 aromatic rings. The molecular weight excluding hydrogens is 469 g/mol. The number of hydrogen-bond donors (Lipinski definition) is 4. The van der Waals surface area contributed by atoms with Crippen LogP contribution >= 0.6 is 0 Å². The van der Waals surface area contributed by atoms with Gasteiger partial charge in [0.1, 0.15) is 22.8 Å². The number of carboxylic acid groups (broad SMARTS) is 1. The number of nitrogens with one attached hydrogen (secondary N) is 2. The van der Waals surface area contributed by atoms with Crippen LogP contribution in [-0.2, 0) is 19.3 Å². The van der Waals surface area contributed by atoms with Crippen molar-refractivity contribution in [3.63, 3.8) is 0 Å². The Balaban J connectivity index is 1.78. The Bertz CT molecular complexity index is 1230. The number of hydrogen-bond acceptors (Lipinski definition) is 5. The number of ether oxygens (including phenoxy) is 2. The number of anilines is 1. The monoisotopic (exact) mass is 490 g/mol. The van der Waals surface area contributed by atoms with E-state index in [-0.39, 0.29) is 40.6 Å². The Morgan fingerprint density at radius 3 is 2.26 bits per heavy atom. The lowest BCUT2D eigenvalue weighted by Gasteiger charge is -2.18. The van der Waals surface area contributed by atoms with Gasteiger partial charge < -0.3 is 30.3 Å². The van der Waals surface area contributed by atoms with Crippen LogP contribution in [0.3, 0.4) is 0 Å². The molecule has 0 saturated heterocycles. The van der Waals surface area contributed by atoms with Crippen molar-refractivity contribution in [3.05, 3.63) is 82.9 Å². The van der Waals surface area contributed by atoms with Crippen LogP contribution in [0.25, 0.3) is 0 Å². The lowest BCUT2D eigenvalue weighted by molar-refractivity contribution is -0.137. The zero-order chi connectivity index (χ0) is 25.6. The molecule has 3 aromatic carbocycles. The topological polar surface area (TPSA) is 117 Å². The summed E-state index contributed by atoms with van der Waals surface area (Å²) in [5, 5.41) is 23.6. The van der Waals surface area contributed by atoms with Gasteiger partial charge in [0.05, 0.1) is 25.0 Å². The fraction of sp³-hybridized carbons (Fsp3) is 0.167. The summed E-state index contributed by atoms with van der Waals surface area (Å²) < 4.78 is 50.5. The summed E-state index contributed by atoms with van der Waals surface area (Å²) in [5.41, 5.74) is -1.05. The number of carbonyl (C=O) groups is 2. The molecule has 0 aliphatic carbocycles. The van der Waals surface area contributed by atoms with E-state index < -0.39 is 30.3 Å². The number of aromatic carboxylic acids is 1. The van der Waals surface area contributed by atoms with Gasteiger partial charge in [0, 0.05) is 17.7 Å². The van der Waals surface area contributed by atoms with Crippen LogP contribution in [-0.4, -0.2) is 29.3 Å². The molecule has 11 heteroatoms. The number of urea groups is 1. The first kappa shape index (κ1) is 25.4. The fourth-order valence-corrected chi connectivity index (χ4v) is 3.25. The van der Waals surface area contributed by atoms with Gasteiger partial charge in [0.15, 0.2) is 0 Å². The molecule has 0 heterocycles. The molecule has 4 N–H and O–H groups in total. The summed E-state index contributed by atoms with van der Waals surface area (Å²) in [7, 11) is 1.20. The normalized spacial score (nSPS) is 11.0. The van der Waals surface area contributed by atoms with E-state index in [9.17, 15) is 33.0 Å². The van der Waals surface area contributed by atoms with E-state index in [0.717, 1.165) is 6.07 Å². The average molecular weight is 490 g/mol. The van der Waals surface area contributed by atoms with E-state index in [0.29, 0.717) is 11.6 Å². The third-order valence-electron chi connectivity index (χ3n) is 4.87. The second-order valence-electron chi connectivity index (χ2n) is 7.19. The number of methoxy groups -OCH3 is 1. The number of benzene rings is 3. The zero-order valence-corrected chi connectivity index (χ0v) is 18.3. The lowest BCUT2D eigenvalue weighted by atomic mass is 10.1. The van der Waals surface area contributed by atoms with Crippen LogP contribution in [0.1, 0.15) is 27.0 Å². The molecule has 0 saturated carbocycles. The number of alkyl halides is 3. The van der Waals surface area contributed by atoms with Crippen molar-refractivity contribution in [1.29, 1.82) is 0 Å². The van der Waals surface area contributed by atoms with E-state index >= 15 is 0 Å². The summed E-state index contributed by atoms with van der Waals surface area (Å²) in [6.45, 7) is -0.822. The predicted octanol–water partition coefficient (Wildman–Crippen LogP) is 5.02. The van der Waals surface area contributed by atoms with Gasteiger partial charge in [-0.1, -0.05) is 30.3 Å². The van der Waals surface area contributed by atoms with Crippen molar-refractivity contribution >= 4 is 17.7 Å². The molecule has 0 aliphatic rings. The minimum Gasteiger partial charge on any atom is -0.494 e. The molecule has 184 valence electrons. The highest BCUT2D eigenvalue weighted by Crippen LogP contribution is 2.38. The number of carboxylic acids is 1. The van der Waals surface area contributed by atoms with E-state index in [1.54, 1.807) is 36.4 Å². The summed E-state index contributed by atoms with van der Waals surface area (Å²) in [5.74, 6) is -0.902. The zero-order valence-electron chi connectivity index (χ0n) is 18.3. The maximum absolute atomic E-state index is 13.2. The molecule has 2 amide bonds. The summed E-state index contributed by atoms with van der Waals surface area (Å²) in [6, 6.07) is 13.2. The van der Waals surface area contributed by atoms with Gasteiger partial charge in [0.25, 0.3) is 0 Å². The summed E-state index contributed by atoms with van der Waals surface area (Å²) in [6.07, 6.45) is -4.70. The smallest absolute Gasteiger partial charge is 0.416 e. The number of para-hydroxylation sites is 2. The van der Waals surface area contributed by atoms with Crippen molar-refractivity contribution in [2.45, 2.75) is 19.3 Å². The van der Waals surface area contributed by atoms with Crippen LogP contribution in [0.5, 0.6) is 17.2 Å². The Labute approximate surface area is 197 Å². The van der Waals surface area contributed by atoms with Crippen LogP contribution in [0.4, 0.5) is 23.7 Å². The quantitative estimate of drug-likeness (QED) is 0.352. The van der Waals surface area contributed by atoms with Crippen LogP contribution in [0.2, 0.25) is 0 Å². The van der Waals surface area contributed by atoms with E-state index in [2.05, 4.69) is 10.6 Å². The fourth-order valence-electron chi connectivity index (χ4n) is 3.25. The van der Waals surface area contributed by atoms with Crippen molar-refractivity contribution in [1.82, 2.24) is 5.32 Å². The predicted molar refractivity (Wildman–Crippen MR) is 120 cm³/mol. The van der Waals surface area contributed by atoms with Crippen molar-refractivity contribution in [3.8, 4) is 17.2 Å². The van der Waals surface area contributed by atoms with Gasteiger partial charge in [-0.05, 0) is 30.3 Å². The van der Waals surface area contributed by atoms with Gasteiger partial charge in [0.2, 0.25) is 0 Å². The van der Waals surface area contributed by atoms with Crippen molar-refractivity contribution in [2.75, 3.05) is 12.4 Å². The van der Waals surface area contributed by atoms with E-state index in [4.69, 9.17) is 9.47 Å². The van der Waals surface area contributed by atoms with E-state index in [1.165, 1.54) is 19.2 Å². The summed E-state index contributed by atoms with van der Waals surface area (Å²) in [4.78, 5) is 23.9. The molecule has 35 heavy (non-hydrogen) atoms. The highest BCUT2D eigenvalue weighted by Gasteiger charge is 2.32. The first-order valence-electron chi connectivity index (χ1n) is 10.2. The molecular formula is C24H21F3N2O6. The molecule has 0 bridgehead atoms. The minimum absolute atomic E-state index is 0.0515. The van der Waals surface area contributed by atoms with Gasteiger partial charge >= 0.3 is 18.2 Å². The molecule has 0 unspecified atom stereocenters. The van der Waals surface area contributed by atoms with Gasteiger partial charge in [-0.3, -0.25) is 0 Å². The molecule has 0 spiro atoms. The first-order valence-corrected chi connectivity index (χ1v) is 10.2. The third kappa shape index (κ3) is 6.21. The molecule has 3 rings (SSSR count). The Morgan fingerprint density at radius 2 is 1.63 bits per heavy atom. The second-order valence-corrected chi connectivity index (χ2v) is 7.19. The molecule has 0 radical (unpaired) electrons. The summed E-state index contributed by atoms with van der Waals surface area (Å²) >= 11 is 0. The second kappa shape index (κ2) is 10.8. The van der Waals surface area contributed by atoms with E-state index in [1.807, 2.05) is 0 Å². The van der Waals surface area contributed by atoms with Gasteiger partial charge in [-0.15, -0.1) is 0 Å². The standard InChI is InChI=1S/C24H21F3N2O6/c1-34-21-15(13-30)10-16(24(25,26)27)11-18(21)29-23(33)28-12-14-6-2-4-8-19(14)35-20-9-5-3-7-17(20)22(31)32/h2-11,30H,12-13H2,1H3,(H,31,32)(H2,28,29,33). The molecule has 0 aromatic heterocycles. The molecule has 8 nitrogen and oxygen atoms in total. The number of rotatable bonds is 8. The molecule has 0 atom stereocenters. The van der Waals surface area contributed by atoms with Crippen LogP contribution in [0, 0.1) is 0 Å². The molecule has 0 fully saturated rings. The number of amides is 2. The highest BCUT2D eigenvalue weighted by molar-refractivity contribution is 5.92. The first-order chi connectivity index (χ1) is 16.6.